The van der Waals surface area contributed by atoms with Gasteiger partial charge in [0.25, 0.3) is 0 Å². The minimum absolute atomic E-state index is 0.0721. The molecule has 0 saturated carbocycles. The number of hydrogen-bond donors (Lipinski definition) is 1. The maximum absolute atomic E-state index is 11.7. The molecule has 0 aliphatic rings. The zero-order valence-electron chi connectivity index (χ0n) is 18.0. The Kier molecular flexibility index (Phi) is 8.35. The van der Waals surface area contributed by atoms with Crippen molar-refractivity contribution < 1.29 is 19.0 Å². The van der Waals surface area contributed by atoms with Crippen LogP contribution in [0.3, 0.4) is 0 Å². The van der Waals surface area contributed by atoms with E-state index in [-0.39, 0.29) is 6.04 Å². The number of carbonyl (C=O) groups is 1. The summed E-state index contributed by atoms with van der Waals surface area (Å²) in [6, 6.07) is 25.9. The first-order valence-electron chi connectivity index (χ1n) is 10.5. The fourth-order valence-electron chi connectivity index (χ4n) is 3.16. The molecular formula is C26H29NO4. The summed E-state index contributed by atoms with van der Waals surface area (Å²) >= 11 is 0. The minimum atomic E-state index is -0.404. The van der Waals surface area contributed by atoms with Gasteiger partial charge in [-0.3, -0.25) is 0 Å². The number of carbonyl (C=O) groups excluding carboxylic acids is 1. The highest BCUT2D eigenvalue weighted by Crippen LogP contribution is 2.30. The second-order valence-electron chi connectivity index (χ2n) is 7.30. The summed E-state index contributed by atoms with van der Waals surface area (Å²) in [5.74, 6) is 1.37. The largest absolute Gasteiger partial charge is 0.485 e. The summed E-state index contributed by atoms with van der Waals surface area (Å²) in [4.78, 5) is 11.7. The van der Waals surface area contributed by atoms with E-state index >= 15 is 0 Å². The van der Waals surface area contributed by atoms with E-state index in [2.05, 4.69) is 5.32 Å². The van der Waals surface area contributed by atoms with Crippen LogP contribution in [0.4, 0.5) is 4.79 Å². The van der Waals surface area contributed by atoms with Gasteiger partial charge in [-0.2, -0.15) is 0 Å². The van der Waals surface area contributed by atoms with Crippen LogP contribution in [0, 0.1) is 0 Å². The summed E-state index contributed by atoms with van der Waals surface area (Å²) in [5, 5.41) is 2.83. The van der Waals surface area contributed by atoms with Gasteiger partial charge in [-0.15, -0.1) is 0 Å². The highest BCUT2D eigenvalue weighted by Gasteiger charge is 2.12. The summed E-state index contributed by atoms with van der Waals surface area (Å²) < 4.78 is 17.1. The lowest BCUT2D eigenvalue weighted by Crippen LogP contribution is -2.34. The highest BCUT2D eigenvalue weighted by molar-refractivity contribution is 5.67. The smallest absolute Gasteiger partial charge is 0.407 e. The van der Waals surface area contributed by atoms with Crippen LogP contribution in [0.15, 0.2) is 78.9 Å². The zero-order chi connectivity index (χ0) is 21.9. The van der Waals surface area contributed by atoms with Crippen LogP contribution in [-0.4, -0.2) is 18.7 Å². The molecule has 1 amide bonds. The van der Waals surface area contributed by atoms with Crippen molar-refractivity contribution in [1.82, 2.24) is 5.32 Å². The summed E-state index contributed by atoms with van der Waals surface area (Å²) in [6.45, 7) is 4.99. The fraction of sp³-hybridized carbons (Fsp3) is 0.269. The first-order chi connectivity index (χ1) is 15.1. The van der Waals surface area contributed by atoms with Gasteiger partial charge in [-0.1, -0.05) is 66.7 Å². The van der Waals surface area contributed by atoms with Crippen LogP contribution in [0.5, 0.6) is 11.5 Å². The normalized spacial score (nSPS) is 11.4. The van der Waals surface area contributed by atoms with Crippen molar-refractivity contribution in [2.75, 3.05) is 6.61 Å². The van der Waals surface area contributed by atoms with Crippen molar-refractivity contribution in [2.24, 2.45) is 0 Å². The summed E-state index contributed by atoms with van der Waals surface area (Å²) in [6.07, 6.45) is 0.248. The molecule has 0 heterocycles. The van der Waals surface area contributed by atoms with E-state index in [1.54, 1.807) is 6.92 Å². The van der Waals surface area contributed by atoms with Crippen LogP contribution in [0.25, 0.3) is 0 Å². The molecular weight excluding hydrogens is 390 g/mol. The average Bonchev–Trinajstić information content (AvgIpc) is 2.78. The molecule has 1 atom stereocenters. The molecule has 0 unspecified atom stereocenters. The van der Waals surface area contributed by atoms with Gasteiger partial charge in [0.15, 0.2) is 11.5 Å². The minimum Gasteiger partial charge on any atom is -0.485 e. The van der Waals surface area contributed by atoms with E-state index in [0.29, 0.717) is 37.7 Å². The molecule has 31 heavy (non-hydrogen) atoms. The molecule has 1 N–H and O–H groups in total. The molecule has 0 aromatic heterocycles. The quantitative estimate of drug-likeness (QED) is 0.470. The predicted octanol–water partition coefficient (Wildman–Crippen LogP) is 5.52. The number of hydrogen-bond acceptors (Lipinski definition) is 4. The van der Waals surface area contributed by atoms with Crippen molar-refractivity contribution in [1.29, 1.82) is 0 Å². The summed E-state index contributed by atoms with van der Waals surface area (Å²) in [5.41, 5.74) is 3.21. The Balaban J connectivity index is 1.71. The van der Waals surface area contributed by atoms with Gasteiger partial charge in [0.2, 0.25) is 0 Å². The van der Waals surface area contributed by atoms with Gasteiger partial charge in [-0.25, -0.2) is 4.79 Å². The van der Waals surface area contributed by atoms with Crippen molar-refractivity contribution in [3.8, 4) is 11.5 Å². The first kappa shape index (κ1) is 22.2. The topological polar surface area (TPSA) is 56.8 Å². The van der Waals surface area contributed by atoms with Crippen LogP contribution >= 0.6 is 0 Å². The van der Waals surface area contributed by atoms with Crippen molar-refractivity contribution in [3.63, 3.8) is 0 Å². The Labute approximate surface area is 184 Å². The lowest BCUT2D eigenvalue weighted by atomic mass is 10.1. The van der Waals surface area contributed by atoms with Crippen LogP contribution in [0.1, 0.15) is 30.5 Å². The van der Waals surface area contributed by atoms with Crippen molar-refractivity contribution >= 4 is 6.09 Å². The van der Waals surface area contributed by atoms with E-state index in [1.165, 1.54) is 0 Å². The first-order valence-corrected chi connectivity index (χ1v) is 10.5. The van der Waals surface area contributed by atoms with Crippen LogP contribution in [-0.2, 0) is 24.4 Å². The van der Waals surface area contributed by atoms with E-state index in [1.807, 2.05) is 85.8 Å². The summed E-state index contributed by atoms with van der Waals surface area (Å²) in [7, 11) is 0. The van der Waals surface area contributed by atoms with Crippen molar-refractivity contribution in [3.05, 3.63) is 95.6 Å². The third-order valence-corrected chi connectivity index (χ3v) is 4.66. The molecule has 0 bridgehead atoms. The maximum Gasteiger partial charge on any atom is 0.407 e. The monoisotopic (exact) mass is 419 g/mol. The molecule has 3 rings (SSSR count). The van der Waals surface area contributed by atoms with E-state index < -0.39 is 6.09 Å². The molecule has 0 fully saturated rings. The van der Waals surface area contributed by atoms with Crippen LogP contribution < -0.4 is 14.8 Å². The third kappa shape index (κ3) is 7.37. The molecule has 5 heteroatoms. The molecule has 0 aliphatic heterocycles. The van der Waals surface area contributed by atoms with E-state index in [4.69, 9.17) is 14.2 Å². The van der Waals surface area contributed by atoms with E-state index in [9.17, 15) is 4.79 Å². The van der Waals surface area contributed by atoms with Gasteiger partial charge in [0, 0.05) is 6.04 Å². The van der Waals surface area contributed by atoms with Gasteiger partial charge in [0.05, 0.1) is 6.61 Å². The molecule has 3 aromatic carbocycles. The fourth-order valence-corrected chi connectivity index (χ4v) is 3.16. The molecule has 5 nitrogen and oxygen atoms in total. The molecule has 162 valence electrons. The molecule has 0 saturated heterocycles. The Bertz CT molecular complexity index is 944. The van der Waals surface area contributed by atoms with Crippen molar-refractivity contribution in [2.45, 2.75) is 39.5 Å². The Morgan fingerprint density at radius 1 is 0.806 bits per heavy atom. The molecule has 3 aromatic rings. The van der Waals surface area contributed by atoms with E-state index in [0.717, 1.165) is 16.7 Å². The standard InChI is InChI=1S/C26H29NO4/c1-3-29-26(28)27-20(2)16-23-14-15-24(30-18-21-10-6-4-7-11-21)25(17-23)31-19-22-12-8-5-9-13-22/h4-15,17,20H,3,16,18-19H2,1-2H3,(H,27,28)/t20-/m0/s1. The third-order valence-electron chi connectivity index (χ3n) is 4.66. The second-order valence-corrected chi connectivity index (χ2v) is 7.30. The van der Waals surface area contributed by atoms with Gasteiger partial charge in [-0.05, 0) is 49.1 Å². The lowest BCUT2D eigenvalue weighted by molar-refractivity contribution is 0.149. The zero-order valence-corrected chi connectivity index (χ0v) is 18.0. The molecule has 0 aliphatic carbocycles. The number of nitrogens with one attached hydrogen (secondary N) is 1. The SMILES string of the molecule is CCOC(=O)N[C@@H](C)Cc1ccc(OCc2ccccc2)c(OCc2ccccc2)c1. The van der Waals surface area contributed by atoms with Gasteiger partial charge >= 0.3 is 6.09 Å². The number of alkyl carbamates (subject to hydrolysis) is 1. The molecule has 0 spiro atoms. The highest BCUT2D eigenvalue weighted by atomic mass is 16.5. The maximum atomic E-state index is 11.7. The average molecular weight is 420 g/mol. The number of ether oxygens (including phenoxy) is 3. The van der Waals surface area contributed by atoms with Gasteiger partial charge < -0.3 is 19.5 Å². The van der Waals surface area contributed by atoms with Gasteiger partial charge in [0.1, 0.15) is 13.2 Å². The number of benzene rings is 3. The Hall–Kier alpha value is -3.47. The second kappa shape index (κ2) is 11.6. The Morgan fingerprint density at radius 3 is 1.97 bits per heavy atom. The number of amides is 1. The predicted molar refractivity (Wildman–Crippen MR) is 121 cm³/mol. The van der Waals surface area contributed by atoms with Crippen LogP contribution in [0.2, 0.25) is 0 Å². The lowest BCUT2D eigenvalue weighted by Gasteiger charge is -2.17. The Morgan fingerprint density at radius 2 is 1.39 bits per heavy atom. The number of rotatable bonds is 10. The molecule has 0 radical (unpaired) electrons.